The second kappa shape index (κ2) is 12.1. The van der Waals surface area contributed by atoms with Gasteiger partial charge in [0.2, 0.25) is 0 Å². The van der Waals surface area contributed by atoms with Gasteiger partial charge in [-0.2, -0.15) is 0 Å². The summed E-state index contributed by atoms with van der Waals surface area (Å²) in [6.45, 7) is 1.35. The molecule has 0 saturated heterocycles. The lowest BCUT2D eigenvalue weighted by molar-refractivity contribution is -0.274. The maximum Gasteiger partial charge on any atom is 0.573 e. The van der Waals surface area contributed by atoms with E-state index in [1.807, 2.05) is 12.1 Å². The number of alkyl halides is 3. The average Bonchev–Trinajstić information content (AvgIpc) is 2.89. The van der Waals surface area contributed by atoms with E-state index in [9.17, 15) is 18.0 Å². The molecule has 2 aliphatic rings. The molecule has 0 N–H and O–H groups in total. The lowest BCUT2D eigenvalue weighted by Gasteiger charge is -2.40. The van der Waals surface area contributed by atoms with E-state index in [-0.39, 0.29) is 11.7 Å². The van der Waals surface area contributed by atoms with Crippen LogP contribution in [0.1, 0.15) is 79.3 Å². The van der Waals surface area contributed by atoms with Gasteiger partial charge < -0.3 is 9.47 Å². The van der Waals surface area contributed by atoms with Crippen molar-refractivity contribution >= 4 is 5.97 Å². The van der Waals surface area contributed by atoms with E-state index >= 15 is 0 Å². The molecule has 2 aromatic carbocycles. The Hall–Kier alpha value is -2.54. The minimum atomic E-state index is -4.69. The molecular formula is C29H36F3NO3. The first-order valence-corrected chi connectivity index (χ1v) is 13.1. The summed E-state index contributed by atoms with van der Waals surface area (Å²) in [7, 11) is 1.37. The Kier molecular flexibility index (Phi) is 8.94. The van der Waals surface area contributed by atoms with Crippen LogP contribution in [0.4, 0.5) is 13.2 Å². The summed E-state index contributed by atoms with van der Waals surface area (Å²) in [5, 5.41) is 0. The zero-order chi connectivity index (χ0) is 25.5. The number of carbonyl (C=O) groups excluding carboxylic acids is 1. The molecule has 2 aromatic rings. The zero-order valence-electron chi connectivity index (χ0n) is 20.9. The topological polar surface area (TPSA) is 38.8 Å². The van der Waals surface area contributed by atoms with Crippen molar-refractivity contribution in [3.05, 3.63) is 65.2 Å². The van der Waals surface area contributed by atoms with Crippen molar-refractivity contribution in [1.82, 2.24) is 4.90 Å². The minimum Gasteiger partial charge on any atom is -0.465 e. The van der Waals surface area contributed by atoms with Gasteiger partial charge in [-0.25, -0.2) is 4.79 Å². The minimum absolute atomic E-state index is 0.204. The molecule has 7 heteroatoms. The van der Waals surface area contributed by atoms with E-state index in [1.165, 1.54) is 64.2 Å². The van der Waals surface area contributed by atoms with Gasteiger partial charge in [-0.3, -0.25) is 4.90 Å². The fraction of sp³-hybridized carbons (Fsp3) is 0.552. The van der Waals surface area contributed by atoms with E-state index in [0.717, 1.165) is 35.8 Å². The summed E-state index contributed by atoms with van der Waals surface area (Å²) < 4.78 is 46.5. The SMILES string of the molecule is COC(=O)c1ccc(CN(Cc2ccc(OC(F)(F)F)cc2)C2CCC(C3CCCCC3)CC2)cc1. The van der Waals surface area contributed by atoms with Gasteiger partial charge in [0.1, 0.15) is 5.75 Å². The first-order chi connectivity index (χ1) is 17.3. The standard InChI is InChI=1S/C29H36F3NO3/c1-35-28(34)25-11-7-21(8-12-25)19-33(20-22-9-17-27(18-10-22)36-29(30,31)32)26-15-13-24(14-16-26)23-5-3-2-4-6-23/h7-12,17-18,23-24,26H,2-6,13-16,19-20H2,1H3. The number of carbonyl (C=O) groups is 1. The Morgan fingerprint density at radius 1 is 0.806 bits per heavy atom. The van der Waals surface area contributed by atoms with Crippen LogP contribution >= 0.6 is 0 Å². The summed E-state index contributed by atoms with van der Waals surface area (Å²) in [5.41, 5.74) is 2.56. The van der Waals surface area contributed by atoms with Crippen LogP contribution in [0.3, 0.4) is 0 Å². The highest BCUT2D eigenvalue weighted by atomic mass is 19.4. The fourth-order valence-corrected chi connectivity index (χ4v) is 5.99. The quantitative estimate of drug-likeness (QED) is 0.350. The van der Waals surface area contributed by atoms with Crippen molar-refractivity contribution in [2.45, 2.75) is 83.3 Å². The molecule has 0 bridgehead atoms. The van der Waals surface area contributed by atoms with Gasteiger partial charge in [-0.1, -0.05) is 56.4 Å². The second-order valence-electron chi connectivity index (χ2n) is 10.3. The molecule has 196 valence electrons. The molecule has 0 aliphatic heterocycles. The van der Waals surface area contributed by atoms with Crippen molar-refractivity contribution in [3.63, 3.8) is 0 Å². The Morgan fingerprint density at radius 3 is 1.86 bits per heavy atom. The largest absolute Gasteiger partial charge is 0.573 e. The van der Waals surface area contributed by atoms with E-state index in [1.54, 1.807) is 24.3 Å². The molecule has 0 amide bonds. The number of methoxy groups -OCH3 is 1. The average molecular weight is 504 g/mol. The summed E-state index contributed by atoms with van der Waals surface area (Å²) in [6.07, 6.45) is 6.92. The van der Waals surface area contributed by atoms with Crippen LogP contribution in [0.2, 0.25) is 0 Å². The predicted octanol–water partition coefficient (Wildman–Crippen LogP) is 7.51. The first kappa shape index (κ1) is 26.5. The van der Waals surface area contributed by atoms with Crippen LogP contribution in [-0.2, 0) is 17.8 Å². The predicted molar refractivity (Wildman–Crippen MR) is 132 cm³/mol. The third kappa shape index (κ3) is 7.48. The van der Waals surface area contributed by atoms with Gasteiger partial charge in [-0.15, -0.1) is 13.2 Å². The third-order valence-electron chi connectivity index (χ3n) is 7.88. The third-order valence-corrected chi connectivity index (χ3v) is 7.88. The van der Waals surface area contributed by atoms with Gasteiger partial charge in [0, 0.05) is 19.1 Å². The normalized spacial score (nSPS) is 21.4. The van der Waals surface area contributed by atoms with Gasteiger partial charge in [0.05, 0.1) is 12.7 Å². The molecule has 4 nitrogen and oxygen atoms in total. The second-order valence-corrected chi connectivity index (χ2v) is 10.3. The monoisotopic (exact) mass is 503 g/mol. The van der Waals surface area contributed by atoms with Gasteiger partial charge >= 0.3 is 12.3 Å². The van der Waals surface area contributed by atoms with Crippen LogP contribution in [0.5, 0.6) is 5.75 Å². The summed E-state index contributed by atoms with van der Waals surface area (Å²) >= 11 is 0. The van der Waals surface area contributed by atoms with Crippen LogP contribution in [0.25, 0.3) is 0 Å². The van der Waals surface area contributed by atoms with E-state index < -0.39 is 6.36 Å². The van der Waals surface area contributed by atoms with Gasteiger partial charge in [-0.05, 0) is 72.9 Å². The number of hydrogen-bond donors (Lipinski definition) is 0. The molecule has 0 radical (unpaired) electrons. The summed E-state index contributed by atoms with van der Waals surface area (Å²) in [4.78, 5) is 14.2. The van der Waals surface area contributed by atoms with Crippen LogP contribution in [0.15, 0.2) is 48.5 Å². The first-order valence-electron chi connectivity index (χ1n) is 13.1. The number of esters is 1. The van der Waals surface area contributed by atoms with E-state index in [2.05, 4.69) is 9.64 Å². The summed E-state index contributed by atoms with van der Waals surface area (Å²) in [6, 6.07) is 14.1. The lowest BCUT2D eigenvalue weighted by Crippen LogP contribution is -2.38. The van der Waals surface area contributed by atoms with Gasteiger partial charge in [0.25, 0.3) is 0 Å². The molecule has 36 heavy (non-hydrogen) atoms. The van der Waals surface area contributed by atoms with Crippen LogP contribution in [0, 0.1) is 11.8 Å². The molecule has 0 spiro atoms. The van der Waals surface area contributed by atoms with Crippen LogP contribution in [-0.4, -0.2) is 30.4 Å². The highest BCUT2D eigenvalue weighted by molar-refractivity contribution is 5.89. The van der Waals surface area contributed by atoms with Gasteiger partial charge in [0.15, 0.2) is 0 Å². The molecule has 4 rings (SSSR count). The number of benzene rings is 2. The number of ether oxygens (including phenoxy) is 2. The molecule has 0 atom stereocenters. The number of nitrogens with zero attached hydrogens (tertiary/aromatic N) is 1. The highest BCUT2D eigenvalue weighted by Gasteiger charge is 2.32. The van der Waals surface area contributed by atoms with Crippen molar-refractivity contribution in [2.24, 2.45) is 11.8 Å². The summed E-state index contributed by atoms with van der Waals surface area (Å²) in [5.74, 6) is 1.13. The smallest absolute Gasteiger partial charge is 0.465 e. The molecular weight excluding hydrogens is 467 g/mol. The Bertz CT molecular complexity index is 961. The molecule has 0 aromatic heterocycles. The molecule has 2 saturated carbocycles. The molecule has 0 heterocycles. The Balaban J connectivity index is 1.44. The highest BCUT2D eigenvalue weighted by Crippen LogP contribution is 2.40. The van der Waals surface area contributed by atoms with Crippen LogP contribution < -0.4 is 4.74 Å². The zero-order valence-corrected chi connectivity index (χ0v) is 20.9. The molecule has 0 unspecified atom stereocenters. The maximum absolute atomic E-state index is 12.5. The van der Waals surface area contributed by atoms with E-state index in [0.29, 0.717) is 24.7 Å². The maximum atomic E-state index is 12.5. The fourth-order valence-electron chi connectivity index (χ4n) is 5.99. The van der Waals surface area contributed by atoms with E-state index in [4.69, 9.17) is 4.74 Å². The van der Waals surface area contributed by atoms with Crippen molar-refractivity contribution < 1.29 is 27.4 Å². The number of rotatable bonds is 8. The number of halogens is 3. The van der Waals surface area contributed by atoms with Crippen molar-refractivity contribution in [1.29, 1.82) is 0 Å². The van der Waals surface area contributed by atoms with Crippen molar-refractivity contribution in [2.75, 3.05) is 7.11 Å². The van der Waals surface area contributed by atoms with Crippen molar-refractivity contribution in [3.8, 4) is 5.75 Å². The lowest BCUT2D eigenvalue weighted by atomic mass is 9.72. The Morgan fingerprint density at radius 2 is 1.33 bits per heavy atom. The molecule has 2 aliphatic carbocycles. The number of hydrogen-bond acceptors (Lipinski definition) is 4. The Labute approximate surface area is 211 Å². The molecule has 2 fully saturated rings.